The Hall–Kier alpha value is -4.24. The van der Waals surface area contributed by atoms with Gasteiger partial charge in [0.15, 0.2) is 30.1 Å². The summed E-state index contributed by atoms with van der Waals surface area (Å²) in [5, 5.41) is 0. The van der Waals surface area contributed by atoms with Gasteiger partial charge in [0.05, 0.1) is 29.4 Å². The Morgan fingerprint density at radius 1 is 1.06 bits per heavy atom. The number of ether oxygens (including phenoxy) is 6. The molecule has 14 heteroatoms. The Bertz CT molecular complexity index is 1640. The van der Waals surface area contributed by atoms with E-state index in [0.29, 0.717) is 12.0 Å². The first-order valence-electron chi connectivity index (χ1n) is 18.5. The van der Waals surface area contributed by atoms with Crippen molar-refractivity contribution >= 4 is 29.6 Å². The van der Waals surface area contributed by atoms with Crippen LogP contribution in [-0.4, -0.2) is 114 Å². The number of hydrogen-bond donors (Lipinski definition) is 0. The molecule has 54 heavy (non-hydrogen) atoms. The normalized spacial score (nSPS) is 34.0. The van der Waals surface area contributed by atoms with E-state index in [-0.39, 0.29) is 36.3 Å². The van der Waals surface area contributed by atoms with E-state index in [2.05, 4.69) is 4.98 Å². The van der Waals surface area contributed by atoms with Gasteiger partial charge in [-0.1, -0.05) is 39.0 Å². The van der Waals surface area contributed by atoms with Gasteiger partial charge in [0, 0.05) is 31.3 Å². The number of rotatable bonds is 8. The topological polar surface area (TPSA) is 162 Å². The van der Waals surface area contributed by atoms with Crippen LogP contribution in [-0.2, 0) is 42.8 Å². The van der Waals surface area contributed by atoms with E-state index in [4.69, 9.17) is 28.4 Å². The van der Waals surface area contributed by atoms with E-state index in [1.54, 1.807) is 65.0 Å². The van der Waals surface area contributed by atoms with Crippen molar-refractivity contribution in [3.63, 3.8) is 0 Å². The number of aromatic nitrogens is 2. The first-order chi connectivity index (χ1) is 25.5. The lowest BCUT2D eigenvalue weighted by atomic mass is 9.77. The van der Waals surface area contributed by atoms with E-state index in [9.17, 15) is 24.0 Å². The zero-order chi connectivity index (χ0) is 39.9. The molecule has 0 bridgehead atoms. The molecule has 1 aromatic heterocycles. The Morgan fingerprint density at radius 3 is 2.33 bits per heavy atom. The number of carbonyl (C=O) groups excluding carboxylic acids is 5. The minimum absolute atomic E-state index is 0.0825. The van der Waals surface area contributed by atoms with Crippen molar-refractivity contribution in [1.29, 1.82) is 0 Å². The summed E-state index contributed by atoms with van der Waals surface area (Å²) in [6, 6.07) is 8.25. The van der Waals surface area contributed by atoms with Crippen molar-refractivity contribution in [1.82, 2.24) is 14.5 Å². The fourth-order valence-electron chi connectivity index (χ4n) is 7.26. The van der Waals surface area contributed by atoms with Crippen LogP contribution >= 0.6 is 0 Å². The fourth-order valence-corrected chi connectivity index (χ4v) is 7.26. The van der Waals surface area contributed by atoms with Crippen LogP contribution in [0.3, 0.4) is 0 Å². The molecule has 1 fully saturated rings. The number of imidazole rings is 1. The van der Waals surface area contributed by atoms with Crippen molar-refractivity contribution in [3.05, 3.63) is 66.3 Å². The molecule has 0 amide bonds. The molecule has 2 aromatic rings. The molecule has 1 aromatic carbocycles. The van der Waals surface area contributed by atoms with Crippen LogP contribution < -0.4 is 0 Å². The lowest BCUT2D eigenvalue weighted by molar-refractivity contribution is -0.294. The van der Waals surface area contributed by atoms with Crippen LogP contribution in [0.15, 0.2) is 60.7 Å². The van der Waals surface area contributed by atoms with Gasteiger partial charge in [-0.2, -0.15) is 0 Å². The summed E-state index contributed by atoms with van der Waals surface area (Å²) < 4.78 is 38.2. The molecule has 4 rings (SSSR count). The van der Waals surface area contributed by atoms with Gasteiger partial charge in [-0.15, -0.1) is 0 Å². The molecule has 0 N–H and O–H groups in total. The minimum Gasteiger partial charge on any atom is -0.458 e. The maximum absolute atomic E-state index is 14.3. The van der Waals surface area contributed by atoms with Gasteiger partial charge in [0.2, 0.25) is 0 Å². The lowest BCUT2D eigenvalue weighted by Crippen LogP contribution is -2.60. The van der Waals surface area contributed by atoms with Crippen molar-refractivity contribution in [2.75, 3.05) is 21.2 Å². The predicted molar refractivity (Wildman–Crippen MR) is 196 cm³/mol. The minimum atomic E-state index is -1.32. The summed E-state index contributed by atoms with van der Waals surface area (Å²) in [7, 11) is 5.21. The highest BCUT2D eigenvalue weighted by Crippen LogP contribution is 2.38. The smallest absolute Gasteiger partial charge is 0.419 e. The average Bonchev–Trinajstić information content (AvgIpc) is 3.70. The lowest BCUT2D eigenvalue weighted by Gasteiger charge is -2.47. The molecule has 1 saturated heterocycles. The molecule has 3 heterocycles. The fraction of sp³-hybridized carbons (Fsp3) is 0.600. The average molecular weight is 754 g/mol. The number of benzene rings is 1. The number of methoxy groups -OCH3 is 1. The van der Waals surface area contributed by atoms with Crippen LogP contribution in [0, 0.1) is 17.8 Å². The number of likely N-dealkylation sites (N-methyl/N-ethyl adjacent to an activating group) is 1. The highest BCUT2D eigenvalue weighted by atomic mass is 16.7. The van der Waals surface area contributed by atoms with E-state index >= 15 is 0 Å². The molecule has 0 spiro atoms. The standard InChI is InChI=1S/C40H55N3O11/c1-11-30-31(52-39(48)43-18-17-41-22-43)19-23(2)32(44)24(3)21-40(7,49-10)35(26(5)33(45)27(6)36(46)51-30)54-38-34(29(42(8)9)20-25(4)50-38)53-37(47)28-15-13-12-14-16-28/h12-19,22,24-27,29-31,34-35,38H,11,20-21H2,1-10H3/b23-19+/t24-,25?,26+,27?,29?,30?,31?,34-,35-,38+,40+/m1/s1. The maximum atomic E-state index is 14.3. The Balaban J connectivity index is 1.76. The summed E-state index contributed by atoms with van der Waals surface area (Å²) in [5.74, 6) is -5.17. The third-order valence-electron chi connectivity index (χ3n) is 10.5. The molecule has 14 nitrogen and oxygen atoms in total. The number of cyclic esters (lactones) is 1. The molecule has 0 saturated carbocycles. The van der Waals surface area contributed by atoms with Crippen LogP contribution in [0.4, 0.5) is 4.79 Å². The van der Waals surface area contributed by atoms with Gasteiger partial charge in [-0.3, -0.25) is 14.4 Å². The van der Waals surface area contributed by atoms with Gasteiger partial charge in [0.1, 0.15) is 18.3 Å². The number of allylic oxidation sites excluding steroid dienone is 1. The Kier molecular flexibility index (Phi) is 14.5. The number of nitrogens with zero attached hydrogens (tertiary/aromatic N) is 3. The van der Waals surface area contributed by atoms with Gasteiger partial charge in [-0.05, 0) is 84.8 Å². The summed E-state index contributed by atoms with van der Waals surface area (Å²) in [4.78, 5) is 74.3. The number of esters is 2. The van der Waals surface area contributed by atoms with Gasteiger partial charge in [-0.25, -0.2) is 19.1 Å². The summed E-state index contributed by atoms with van der Waals surface area (Å²) >= 11 is 0. The molecule has 0 radical (unpaired) electrons. The molecular formula is C40H55N3O11. The summed E-state index contributed by atoms with van der Waals surface area (Å²) in [6.07, 6.45) is -0.101. The van der Waals surface area contributed by atoms with Crippen LogP contribution in [0.5, 0.6) is 0 Å². The maximum Gasteiger partial charge on any atom is 0.419 e. The first kappa shape index (κ1) is 42.5. The molecule has 2 aliphatic heterocycles. The van der Waals surface area contributed by atoms with Gasteiger partial charge >= 0.3 is 18.0 Å². The third-order valence-corrected chi connectivity index (χ3v) is 10.5. The molecule has 0 aliphatic carbocycles. The molecule has 296 valence electrons. The third kappa shape index (κ3) is 9.89. The number of carbonyl (C=O) groups is 5. The SMILES string of the molecule is CCC1OC(=O)C(C)C(=O)[C@H](C)[C@@H](O[C@@H]2OC(C)CC(N(C)C)[C@H]2OC(=O)c2ccccc2)[C@@](C)(OC)C[C@@H](C)C(=O)/C(C)=C/C1OC(=O)n1ccnc1. The molecular weight excluding hydrogens is 698 g/mol. The summed E-state index contributed by atoms with van der Waals surface area (Å²) in [6.45, 7) is 11.8. The Morgan fingerprint density at radius 2 is 1.74 bits per heavy atom. The van der Waals surface area contributed by atoms with Gasteiger partial charge in [0.25, 0.3) is 0 Å². The van der Waals surface area contributed by atoms with Crippen molar-refractivity contribution in [3.8, 4) is 0 Å². The number of hydrogen-bond acceptors (Lipinski definition) is 13. The van der Waals surface area contributed by atoms with E-state index in [1.165, 1.54) is 38.8 Å². The number of Topliss-reactive ketones (excluding diaryl/α,β-unsaturated/α-hetero) is 2. The van der Waals surface area contributed by atoms with E-state index < -0.39 is 77.9 Å². The number of ketones is 2. The van der Waals surface area contributed by atoms with Crippen LogP contribution in [0.25, 0.3) is 0 Å². The van der Waals surface area contributed by atoms with Crippen LogP contribution in [0.1, 0.15) is 78.1 Å². The zero-order valence-electron chi connectivity index (χ0n) is 32.9. The first-order valence-corrected chi connectivity index (χ1v) is 18.5. The zero-order valence-corrected chi connectivity index (χ0v) is 32.9. The van der Waals surface area contributed by atoms with E-state index in [1.807, 2.05) is 25.9 Å². The second kappa shape index (κ2) is 18.4. The van der Waals surface area contributed by atoms with Gasteiger partial charge < -0.3 is 33.3 Å². The highest BCUT2D eigenvalue weighted by Gasteiger charge is 2.50. The largest absolute Gasteiger partial charge is 0.458 e. The monoisotopic (exact) mass is 753 g/mol. The molecule has 5 unspecified atom stereocenters. The second-order valence-electron chi connectivity index (χ2n) is 14.8. The summed E-state index contributed by atoms with van der Waals surface area (Å²) in [5.41, 5.74) is -0.692. The van der Waals surface area contributed by atoms with Crippen molar-refractivity contribution in [2.24, 2.45) is 17.8 Å². The quantitative estimate of drug-likeness (QED) is 0.201. The predicted octanol–water partition coefficient (Wildman–Crippen LogP) is 5.04. The van der Waals surface area contributed by atoms with Crippen LogP contribution in [0.2, 0.25) is 0 Å². The highest BCUT2D eigenvalue weighted by molar-refractivity contribution is 6.00. The molecule has 2 aliphatic rings. The van der Waals surface area contributed by atoms with E-state index in [0.717, 1.165) is 4.57 Å². The molecule has 11 atom stereocenters. The second-order valence-corrected chi connectivity index (χ2v) is 14.8. The van der Waals surface area contributed by atoms with Crippen molar-refractivity contribution in [2.45, 2.75) is 116 Å². The Labute approximate surface area is 317 Å². The van der Waals surface area contributed by atoms with Crippen molar-refractivity contribution < 1.29 is 52.4 Å².